The molecule has 4 nitrogen and oxygen atoms in total. The lowest BCUT2D eigenvalue weighted by atomic mass is 10.0. The molecule has 1 aliphatic heterocycles. The van der Waals surface area contributed by atoms with Gasteiger partial charge in [-0.3, -0.25) is 9.59 Å². The van der Waals surface area contributed by atoms with Gasteiger partial charge >= 0.3 is 5.97 Å². The van der Waals surface area contributed by atoms with Crippen molar-refractivity contribution < 1.29 is 14.7 Å². The number of carbonyl (C=O) groups excluding carboxylic acids is 1. The van der Waals surface area contributed by atoms with Gasteiger partial charge in [0.1, 0.15) is 0 Å². The minimum atomic E-state index is -0.794. The van der Waals surface area contributed by atoms with E-state index < -0.39 is 5.97 Å². The highest BCUT2D eigenvalue weighted by atomic mass is 32.2. The summed E-state index contributed by atoms with van der Waals surface area (Å²) in [5.74, 6) is 1.45. The van der Waals surface area contributed by atoms with Gasteiger partial charge in [0.15, 0.2) is 0 Å². The van der Waals surface area contributed by atoms with Crippen LogP contribution in [0.5, 0.6) is 0 Å². The quantitative estimate of drug-likeness (QED) is 0.741. The smallest absolute Gasteiger partial charge is 0.303 e. The van der Waals surface area contributed by atoms with Gasteiger partial charge in [0.2, 0.25) is 5.91 Å². The summed E-state index contributed by atoms with van der Waals surface area (Å²) < 4.78 is 0. The second kappa shape index (κ2) is 6.78. The number of thioether (sulfide) groups is 1. The summed E-state index contributed by atoms with van der Waals surface area (Å²) in [6.07, 6.45) is 1.87. The Labute approximate surface area is 100 Å². The predicted molar refractivity (Wildman–Crippen MR) is 64.5 cm³/mol. The van der Waals surface area contributed by atoms with Crippen LogP contribution in [-0.4, -0.2) is 35.0 Å². The van der Waals surface area contributed by atoms with Gasteiger partial charge in [-0.25, -0.2) is 0 Å². The Balaban J connectivity index is 2.25. The lowest BCUT2D eigenvalue weighted by Crippen LogP contribution is -2.34. The molecular formula is C11H19NO3S. The summed E-state index contributed by atoms with van der Waals surface area (Å²) in [6, 6.07) is 0. The van der Waals surface area contributed by atoms with E-state index in [1.807, 2.05) is 6.92 Å². The first-order valence-electron chi connectivity index (χ1n) is 5.70. The maximum absolute atomic E-state index is 11.7. The summed E-state index contributed by atoms with van der Waals surface area (Å²) in [6.45, 7) is 2.44. The average molecular weight is 245 g/mol. The number of hydrogen-bond acceptors (Lipinski definition) is 3. The van der Waals surface area contributed by atoms with E-state index in [1.54, 1.807) is 11.8 Å². The number of nitrogens with one attached hydrogen (secondary N) is 1. The van der Waals surface area contributed by atoms with E-state index in [9.17, 15) is 9.59 Å². The first-order chi connectivity index (χ1) is 7.63. The van der Waals surface area contributed by atoms with Gasteiger partial charge in [0.05, 0.1) is 0 Å². The highest BCUT2D eigenvalue weighted by Crippen LogP contribution is 2.23. The summed E-state index contributed by atoms with van der Waals surface area (Å²) in [5, 5.41) is 11.5. The van der Waals surface area contributed by atoms with Crippen LogP contribution in [-0.2, 0) is 9.59 Å². The topological polar surface area (TPSA) is 66.4 Å². The van der Waals surface area contributed by atoms with E-state index in [4.69, 9.17) is 5.11 Å². The van der Waals surface area contributed by atoms with Crippen LogP contribution >= 0.6 is 11.8 Å². The molecule has 0 bridgehead atoms. The highest BCUT2D eigenvalue weighted by Gasteiger charge is 2.23. The third-order valence-corrected chi connectivity index (χ3v) is 4.07. The molecule has 2 unspecified atom stereocenters. The molecule has 2 N–H and O–H groups in total. The molecule has 92 valence electrons. The number of rotatable bonds is 6. The van der Waals surface area contributed by atoms with Gasteiger partial charge < -0.3 is 10.4 Å². The number of hydrogen-bond donors (Lipinski definition) is 2. The molecular weight excluding hydrogens is 226 g/mol. The minimum Gasteiger partial charge on any atom is -0.481 e. The Morgan fingerprint density at radius 1 is 1.56 bits per heavy atom. The summed E-state index contributed by atoms with van der Waals surface area (Å²) in [7, 11) is 0. The number of carbonyl (C=O) groups is 2. The molecule has 5 heteroatoms. The van der Waals surface area contributed by atoms with E-state index in [1.165, 1.54) is 0 Å². The predicted octanol–water partition coefficient (Wildman–Crippen LogP) is 1.36. The van der Waals surface area contributed by atoms with Gasteiger partial charge in [-0.2, -0.15) is 11.8 Å². The highest BCUT2D eigenvalue weighted by molar-refractivity contribution is 7.99. The standard InChI is InChI=1S/C11H19NO3S/c1-2-8(5-10(13)14)6-12-11(15)9-3-4-16-7-9/h8-9H,2-7H2,1H3,(H,12,15)(H,13,14). The van der Waals surface area contributed by atoms with Crippen LogP contribution in [0, 0.1) is 11.8 Å². The van der Waals surface area contributed by atoms with Crippen molar-refractivity contribution in [3.63, 3.8) is 0 Å². The van der Waals surface area contributed by atoms with Crippen molar-refractivity contribution >= 4 is 23.6 Å². The first-order valence-corrected chi connectivity index (χ1v) is 6.86. The molecule has 0 aromatic carbocycles. The van der Waals surface area contributed by atoms with Crippen LogP contribution in [0.15, 0.2) is 0 Å². The van der Waals surface area contributed by atoms with Crippen LogP contribution in [0.25, 0.3) is 0 Å². The van der Waals surface area contributed by atoms with Crippen molar-refractivity contribution in [2.45, 2.75) is 26.2 Å². The molecule has 0 aromatic heterocycles. The lowest BCUT2D eigenvalue weighted by Gasteiger charge is -2.15. The summed E-state index contributed by atoms with van der Waals surface area (Å²) >= 11 is 1.81. The van der Waals surface area contributed by atoms with Gasteiger partial charge in [-0.05, 0) is 18.1 Å². The van der Waals surface area contributed by atoms with Crippen LogP contribution in [0.1, 0.15) is 26.2 Å². The largest absolute Gasteiger partial charge is 0.481 e. The second-order valence-electron chi connectivity index (χ2n) is 4.18. The van der Waals surface area contributed by atoms with Crippen LogP contribution in [0.2, 0.25) is 0 Å². The van der Waals surface area contributed by atoms with Gasteiger partial charge in [0.25, 0.3) is 0 Å². The van der Waals surface area contributed by atoms with Crippen molar-refractivity contribution in [1.29, 1.82) is 0 Å². The minimum absolute atomic E-state index is 0.0514. The zero-order valence-corrected chi connectivity index (χ0v) is 10.4. The molecule has 0 aliphatic carbocycles. The van der Waals surface area contributed by atoms with E-state index >= 15 is 0 Å². The Kier molecular flexibility index (Phi) is 5.66. The van der Waals surface area contributed by atoms with Crippen molar-refractivity contribution in [3.05, 3.63) is 0 Å². The number of carboxylic acid groups (broad SMARTS) is 1. The molecule has 1 saturated heterocycles. The molecule has 1 aliphatic rings. The molecule has 0 saturated carbocycles. The molecule has 1 heterocycles. The van der Waals surface area contributed by atoms with Gasteiger partial charge in [-0.15, -0.1) is 0 Å². The van der Waals surface area contributed by atoms with Crippen molar-refractivity contribution in [1.82, 2.24) is 5.32 Å². The first kappa shape index (κ1) is 13.4. The molecule has 1 fully saturated rings. The maximum atomic E-state index is 11.7. The molecule has 1 rings (SSSR count). The zero-order valence-electron chi connectivity index (χ0n) is 9.57. The SMILES string of the molecule is CCC(CNC(=O)C1CCSC1)CC(=O)O. The van der Waals surface area contributed by atoms with E-state index in [0.717, 1.165) is 24.3 Å². The maximum Gasteiger partial charge on any atom is 0.303 e. The monoisotopic (exact) mass is 245 g/mol. The molecule has 0 radical (unpaired) electrons. The molecule has 0 aromatic rings. The van der Waals surface area contributed by atoms with Crippen molar-refractivity contribution in [2.24, 2.45) is 11.8 Å². The third-order valence-electron chi connectivity index (χ3n) is 2.91. The van der Waals surface area contributed by atoms with E-state index in [-0.39, 0.29) is 24.2 Å². The number of amides is 1. The van der Waals surface area contributed by atoms with Crippen molar-refractivity contribution in [2.75, 3.05) is 18.1 Å². The average Bonchev–Trinajstić information content (AvgIpc) is 2.76. The Morgan fingerprint density at radius 3 is 2.81 bits per heavy atom. The lowest BCUT2D eigenvalue weighted by molar-refractivity contribution is -0.138. The Bertz CT molecular complexity index is 252. The van der Waals surface area contributed by atoms with Crippen LogP contribution in [0.4, 0.5) is 0 Å². The number of aliphatic carboxylic acids is 1. The van der Waals surface area contributed by atoms with Crippen LogP contribution in [0.3, 0.4) is 0 Å². The Morgan fingerprint density at radius 2 is 2.31 bits per heavy atom. The summed E-state index contributed by atoms with van der Waals surface area (Å²) in [4.78, 5) is 22.2. The fraction of sp³-hybridized carbons (Fsp3) is 0.818. The fourth-order valence-electron chi connectivity index (χ4n) is 1.74. The van der Waals surface area contributed by atoms with E-state index in [2.05, 4.69) is 5.32 Å². The number of carboxylic acids is 1. The van der Waals surface area contributed by atoms with Gasteiger partial charge in [0, 0.05) is 24.6 Å². The fourth-order valence-corrected chi connectivity index (χ4v) is 2.96. The molecule has 0 spiro atoms. The van der Waals surface area contributed by atoms with Crippen molar-refractivity contribution in [3.8, 4) is 0 Å². The Hall–Kier alpha value is -0.710. The zero-order chi connectivity index (χ0) is 12.0. The molecule has 1 amide bonds. The normalized spacial score (nSPS) is 21.7. The van der Waals surface area contributed by atoms with E-state index in [0.29, 0.717) is 6.54 Å². The van der Waals surface area contributed by atoms with Gasteiger partial charge in [-0.1, -0.05) is 13.3 Å². The summed E-state index contributed by atoms with van der Waals surface area (Å²) in [5.41, 5.74) is 0. The van der Waals surface area contributed by atoms with Crippen LogP contribution < -0.4 is 5.32 Å². The molecule has 2 atom stereocenters. The second-order valence-corrected chi connectivity index (χ2v) is 5.33. The third kappa shape index (κ3) is 4.43. The molecule has 16 heavy (non-hydrogen) atoms.